The third-order valence-electron chi connectivity index (χ3n) is 9.12. The molecular weight excluding hydrogens is 741 g/mol. The average Bonchev–Trinajstić information content (AvgIpc) is 3.55. The fourth-order valence-corrected chi connectivity index (χ4v) is 5.96. The zero-order chi connectivity index (χ0) is 41.3. The molecule has 5 rings (SSSR count). The van der Waals surface area contributed by atoms with Crippen LogP contribution in [0.3, 0.4) is 0 Å². The second kappa shape index (κ2) is 21.5. The second-order valence-electron chi connectivity index (χ2n) is 13.3. The van der Waals surface area contributed by atoms with E-state index in [-0.39, 0.29) is 37.9 Å². The van der Waals surface area contributed by atoms with Crippen LogP contribution in [-0.2, 0) is 39.2 Å². The molecule has 3 aromatic carbocycles. The number of aryl methyl sites for hydroxylation is 1. The number of hydrogen-bond acceptors (Lipinski definition) is 10. The van der Waals surface area contributed by atoms with Crippen molar-refractivity contribution >= 4 is 58.1 Å². The largest absolute Gasteiger partial charge is 0.466 e. The number of carbonyl (C=O) groups is 4. The molecule has 0 saturated heterocycles. The Morgan fingerprint density at radius 1 is 0.845 bits per heavy atom. The van der Waals surface area contributed by atoms with Gasteiger partial charge in [-0.05, 0) is 85.6 Å². The molecule has 58 heavy (non-hydrogen) atoms. The van der Waals surface area contributed by atoms with Crippen LogP contribution in [0.4, 0.5) is 26.8 Å². The number of nitrogens with two attached hydrogens (primary N) is 1. The van der Waals surface area contributed by atoms with Crippen LogP contribution in [0.5, 0.6) is 0 Å². The number of unbranched alkanes of at least 4 members (excludes halogenated alkanes) is 4. The van der Waals surface area contributed by atoms with Gasteiger partial charge in [0.2, 0.25) is 0 Å². The van der Waals surface area contributed by atoms with E-state index < -0.39 is 18.2 Å². The molecule has 2 aromatic heterocycles. The zero-order valence-corrected chi connectivity index (χ0v) is 33.1. The average molecular weight is 791 g/mol. The van der Waals surface area contributed by atoms with Gasteiger partial charge in [0, 0.05) is 42.3 Å². The van der Waals surface area contributed by atoms with Gasteiger partial charge in [-0.1, -0.05) is 50.8 Å². The molecule has 0 bridgehead atoms. The summed E-state index contributed by atoms with van der Waals surface area (Å²) >= 11 is 0. The van der Waals surface area contributed by atoms with Crippen LogP contribution in [0, 0.1) is 0 Å². The number of anilines is 3. The maximum atomic E-state index is 13.7. The molecule has 304 valence electrons. The lowest BCUT2D eigenvalue weighted by atomic mass is 10.1. The van der Waals surface area contributed by atoms with Crippen LogP contribution in [0.15, 0.2) is 96.1 Å². The number of amidine groups is 1. The van der Waals surface area contributed by atoms with Crippen molar-refractivity contribution in [2.45, 2.75) is 65.5 Å². The van der Waals surface area contributed by atoms with E-state index in [0.717, 1.165) is 42.7 Å². The summed E-state index contributed by atoms with van der Waals surface area (Å²) in [5.74, 6) is 0.457. The summed E-state index contributed by atoms with van der Waals surface area (Å²) < 4.78 is 17.5. The number of rotatable bonds is 19. The number of aliphatic imine (C=N–C) groups is 1. The normalized spacial score (nSPS) is 11.2. The summed E-state index contributed by atoms with van der Waals surface area (Å²) in [7, 11) is 1.90. The van der Waals surface area contributed by atoms with Gasteiger partial charge in [-0.3, -0.25) is 19.8 Å². The number of nitrogens with one attached hydrogen (secondary N) is 2. The van der Waals surface area contributed by atoms with Crippen molar-refractivity contribution in [1.82, 2.24) is 14.5 Å². The van der Waals surface area contributed by atoms with Gasteiger partial charge in [-0.15, -0.1) is 0 Å². The van der Waals surface area contributed by atoms with Crippen LogP contribution in [0.25, 0.3) is 11.0 Å². The number of aromatic nitrogens is 3. The zero-order valence-electron chi connectivity index (χ0n) is 33.1. The monoisotopic (exact) mass is 790 g/mol. The molecule has 0 aliphatic heterocycles. The number of benzene rings is 3. The van der Waals surface area contributed by atoms with Crippen LogP contribution in [-0.4, -0.2) is 64.2 Å². The summed E-state index contributed by atoms with van der Waals surface area (Å²) in [5, 5.41) is 6.03. The number of carbonyl (C=O) groups excluding carboxylic acids is 4. The standard InChI is InChI=1S/C43H50N8O7/c1-4-6-7-8-11-26-57-42(54)47-34-18-13-30(14-19-34)29-58-43(55)49-40(44)31-15-20-33(21-16-31)46-28-38-48-35-27-32(17-22-36(35)50(38)3)41(53)51(25-23-39(52)56-5-2)37-12-9-10-24-45-37/h9-10,12-22,24,27,46H,4-8,11,23,25-26,28-29H2,1-3H3,(H,47,54)(H2,44,49,55). The summed E-state index contributed by atoms with van der Waals surface area (Å²) in [4.78, 5) is 64.7. The minimum Gasteiger partial charge on any atom is -0.466 e. The molecule has 0 radical (unpaired) electrons. The van der Waals surface area contributed by atoms with E-state index in [1.807, 2.05) is 29.8 Å². The van der Waals surface area contributed by atoms with E-state index in [1.165, 1.54) is 11.3 Å². The van der Waals surface area contributed by atoms with Crippen LogP contribution < -0.4 is 21.3 Å². The topological polar surface area (TPSA) is 192 Å². The molecule has 0 aliphatic carbocycles. The number of pyridine rings is 1. The number of hydrogen-bond donors (Lipinski definition) is 3. The summed E-state index contributed by atoms with van der Waals surface area (Å²) in [6, 6.07) is 24.5. The fraction of sp³-hybridized carbons (Fsp3) is 0.326. The van der Waals surface area contributed by atoms with Crippen LogP contribution in [0.2, 0.25) is 0 Å². The van der Waals surface area contributed by atoms with Crippen molar-refractivity contribution in [1.29, 1.82) is 0 Å². The third kappa shape index (κ3) is 12.4. The maximum Gasteiger partial charge on any atom is 0.435 e. The predicted molar refractivity (Wildman–Crippen MR) is 223 cm³/mol. The van der Waals surface area contributed by atoms with Crippen molar-refractivity contribution in [3.8, 4) is 0 Å². The number of amides is 3. The molecule has 2 heterocycles. The van der Waals surface area contributed by atoms with E-state index >= 15 is 0 Å². The van der Waals surface area contributed by atoms with Crippen molar-refractivity contribution in [3.05, 3.63) is 114 Å². The first-order chi connectivity index (χ1) is 28.1. The minimum atomic E-state index is -0.836. The van der Waals surface area contributed by atoms with Crippen molar-refractivity contribution in [2.24, 2.45) is 17.8 Å². The van der Waals surface area contributed by atoms with Crippen LogP contribution >= 0.6 is 0 Å². The summed E-state index contributed by atoms with van der Waals surface area (Å²) in [6.07, 6.45) is 5.64. The molecule has 15 nitrogen and oxygen atoms in total. The Hall–Kier alpha value is -6.77. The van der Waals surface area contributed by atoms with Gasteiger partial charge >= 0.3 is 18.2 Å². The predicted octanol–water partition coefficient (Wildman–Crippen LogP) is 7.74. The Kier molecular flexibility index (Phi) is 15.7. The molecular formula is C43H50N8O7. The van der Waals surface area contributed by atoms with Gasteiger partial charge in [-0.2, -0.15) is 4.99 Å². The smallest absolute Gasteiger partial charge is 0.435 e. The van der Waals surface area contributed by atoms with Crippen molar-refractivity contribution in [3.63, 3.8) is 0 Å². The lowest BCUT2D eigenvalue weighted by Gasteiger charge is -2.21. The molecule has 5 aromatic rings. The first kappa shape index (κ1) is 42.4. The molecule has 0 saturated carbocycles. The van der Waals surface area contributed by atoms with Gasteiger partial charge in [-0.25, -0.2) is 19.6 Å². The first-order valence-corrected chi connectivity index (χ1v) is 19.4. The molecule has 0 spiro atoms. The van der Waals surface area contributed by atoms with Crippen LogP contribution in [0.1, 0.15) is 79.7 Å². The maximum absolute atomic E-state index is 13.7. The molecule has 4 N–H and O–H groups in total. The highest BCUT2D eigenvalue weighted by Gasteiger charge is 2.21. The van der Waals surface area contributed by atoms with Gasteiger partial charge in [0.05, 0.1) is 37.2 Å². The Labute approximate surface area is 337 Å². The highest BCUT2D eigenvalue weighted by molar-refractivity contribution is 6.07. The number of esters is 1. The first-order valence-electron chi connectivity index (χ1n) is 19.4. The van der Waals surface area contributed by atoms with Gasteiger partial charge in [0.15, 0.2) is 0 Å². The molecule has 0 atom stereocenters. The van der Waals surface area contributed by atoms with Gasteiger partial charge in [0.1, 0.15) is 24.1 Å². The summed E-state index contributed by atoms with van der Waals surface area (Å²) in [5.41, 5.74) is 10.6. The van der Waals surface area contributed by atoms with Crippen molar-refractivity contribution in [2.75, 3.05) is 35.3 Å². The molecule has 0 aliphatic rings. The Morgan fingerprint density at radius 3 is 2.31 bits per heavy atom. The number of nitrogens with zero attached hydrogens (tertiary/aromatic N) is 5. The van der Waals surface area contributed by atoms with E-state index in [2.05, 4.69) is 27.5 Å². The van der Waals surface area contributed by atoms with E-state index in [0.29, 0.717) is 46.9 Å². The van der Waals surface area contributed by atoms with Gasteiger partial charge < -0.3 is 29.8 Å². The molecule has 0 fully saturated rings. The van der Waals surface area contributed by atoms with Crippen molar-refractivity contribution < 1.29 is 33.4 Å². The van der Waals surface area contributed by atoms with E-state index in [1.54, 1.807) is 79.9 Å². The highest BCUT2D eigenvalue weighted by Crippen LogP contribution is 2.22. The van der Waals surface area contributed by atoms with E-state index in [4.69, 9.17) is 24.9 Å². The van der Waals surface area contributed by atoms with E-state index in [9.17, 15) is 19.2 Å². The number of ether oxygens (including phenoxy) is 3. The summed E-state index contributed by atoms with van der Waals surface area (Å²) in [6.45, 7) is 4.99. The third-order valence-corrected chi connectivity index (χ3v) is 9.12. The lowest BCUT2D eigenvalue weighted by Crippen LogP contribution is -2.34. The van der Waals surface area contributed by atoms with Gasteiger partial charge in [0.25, 0.3) is 5.91 Å². The highest BCUT2D eigenvalue weighted by atomic mass is 16.6. The Bertz CT molecular complexity index is 2170. The molecule has 3 amide bonds. The number of imidazole rings is 1. The Morgan fingerprint density at radius 2 is 1.59 bits per heavy atom. The fourth-order valence-electron chi connectivity index (χ4n) is 5.96. The molecule has 15 heteroatoms. The Balaban J connectivity index is 1.11. The lowest BCUT2D eigenvalue weighted by molar-refractivity contribution is -0.142. The number of fused-ring (bicyclic) bond motifs is 1. The second-order valence-corrected chi connectivity index (χ2v) is 13.3. The quantitative estimate of drug-likeness (QED) is 0.0244. The minimum absolute atomic E-state index is 0.00294. The molecule has 0 unspecified atom stereocenters. The SMILES string of the molecule is CCCCCCCOC(=O)Nc1ccc(COC(=O)/N=C(\N)c2ccc(NCc3nc4cc(C(=O)N(CCC(=O)OCC)c5ccccn5)ccc4n3C)cc2)cc1.